The quantitative estimate of drug-likeness (QED) is 0.387. The van der Waals surface area contributed by atoms with Crippen LogP contribution >= 0.6 is 0 Å². The Hall–Kier alpha value is -4.27. The predicted octanol–water partition coefficient (Wildman–Crippen LogP) is 3.97. The van der Waals surface area contributed by atoms with Crippen LogP contribution in [0.3, 0.4) is 0 Å². The van der Waals surface area contributed by atoms with Gasteiger partial charge in [0.15, 0.2) is 6.61 Å². The van der Waals surface area contributed by atoms with Gasteiger partial charge in [-0.25, -0.2) is 9.48 Å². The molecule has 9 heteroatoms. The van der Waals surface area contributed by atoms with Crippen LogP contribution in [0.25, 0.3) is 5.69 Å². The van der Waals surface area contributed by atoms with E-state index in [9.17, 15) is 19.2 Å². The van der Waals surface area contributed by atoms with Crippen LogP contribution in [0.5, 0.6) is 0 Å². The number of imide groups is 1. The zero-order valence-electron chi connectivity index (χ0n) is 21.5. The summed E-state index contributed by atoms with van der Waals surface area (Å²) < 4.78 is 6.92. The Morgan fingerprint density at radius 1 is 0.946 bits per heavy atom. The number of fused-ring (bicyclic) bond motifs is 1. The second-order valence-corrected chi connectivity index (χ2v) is 10.3. The third-order valence-electron chi connectivity index (χ3n) is 6.07. The van der Waals surface area contributed by atoms with E-state index in [1.165, 1.54) is 0 Å². The molecular weight excluding hydrogens is 472 g/mol. The molecule has 0 radical (unpaired) electrons. The number of ether oxygens (including phenoxy) is 1. The molecule has 0 unspecified atom stereocenters. The monoisotopic (exact) mass is 502 g/mol. The normalized spacial score (nSPS) is 14.1. The molecule has 1 aliphatic rings. The summed E-state index contributed by atoms with van der Waals surface area (Å²) in [4.78, 5) is 52.6. The van der Waals surface area contributed by atoms with Gasteiger partial charge in [0.25, 0.3) is 17.7 Å². The van der Waals surface area contributed by atoms with Crippen LogP contribution in [0.4, 0.5) is 5.82 Å². The van der Waals surface area contributed by atoms with Crippen molar-refractivity contribution in [2.24, 2.45) is 5.92 Å². The number of amides is 3. The summed E-state index contributed by atoms with van der Waals surface area (Å²) in [6.45, 7) is 8.88. The van der Waals surface area contributed by atoms with E-state index < -0.39 is 42.3 Å². The first kappa shape index (κ1) is 25.8. The molecule has 9 nitrogen and oxygen atoms in total. The Morgan fingerprint density at radius 3 is 2.05 bits per heavy atom. The smallest absolute Gasteiger partial charge is 0.330 e. The minimum atomic E-state index is -1.16. The molecule has 1 aromatic heterocycles. The van der Waals surface area contributed by atoms with Gasteiger partial charge >= 0.3 is 5.97 Å². The molecule has 0 saturated carbocycles. The highest BCUT2D eigenvalue weighted by Crippen LogP contribution is 2.28. The standard InChI is InChI=1S/C28H30N4O5/c1-17(2)24(31-25(34)19-13-9-10-14-20(19)26(31)35)27(36)37-16-23(33)29-22-15-21(28(3,4)5)30-32(22)18-11-7-6-8-12-18/h6-15,17,24H,16H2,1-5H3,(H,29,33)/t24-/m1/s1. The highest BCUT2D eigenvalue weighted by molar-refractivity contribution is 6.22. The Labute approximate surface area is 215 Å². The lowest BCUT2D eigenvalue weighted by atomic mass is 9.92. The second kappa shape index (κ2) is 10.0. The third-order valence-corrected chi connectivity index (χ3v) is 6.07. The molecule has 0 bridgehead atoms. The number of rotatable bonds is 7. The van der Waals surface area contributed by atoms with E-state index in [4.69, 9.17) is 4.74 Å². The SMILES string of the molecule is CC(C)[C@H](C(=O)OCC(=O)Nc1cc(C(C)(C)C)nn1-c1ccccc1)N1C(=O)c2ccccc2C1=O. The topological polar surface area (TPSA) is 111 Å². The van der Waals surface area contributed by atoms with Gasteiger partial charge in [-0.2, -0.15) is 5.10 Å². The van der Waals surface area contributed by atoms with Crippen LogP contribution in [0.1, 0.15) is 61.0 Å². The zero-order valence-corrected chi connectivity index (χ0v) is 21.5. The summed E-state index contributed by atoms with van der Waals surface area (Å²) in [7, 11) is 0. The van der Waals surface area contributed by atoms with Crippen molar-refractivity contribution in [1.29, 1.82) is 0 Å². The molecule has 37 heavy (non-hydrogen) atoms. The minimum absolute atomic E-state index is 0.243. The zero-order chi connectivity index (χ0) is 26.9. The molecule has 192 valence electrons. The highest BCUT2D eigenvalue weighted by atomic mass is 16.5. The number of hydrogen-bond acceptors (Lipinski definition) is 6. The number of para-hydroxylation sites is 1. The maximum absolute atomic E-state index is 13.0. The summed E-state index contributed by atoms with van der Waals surface area (Å²) in [6.07, 6.45) is 0. The van der Waals surface area contributed by atoms with E-state index in [-0.39, 0.29) is 16.5 Å². The number of carbonyl (C=O) groups is 4. The van der Waals surface area contributed by atoms with Gasteiger partial charge in [-0.15, -0.1) is 0 Å². The molecule has 1 N–H and O–H groups in total. The fourth-order valence-corrected chi connectivity index (χ4v) is 4.14. The Kier molecular flexibility index (Phi) is 6.98. The molecule has 1 atom stereocenters. The Bertz CT molecular complexity index is 1320. The molecule has 2 aromatic carbocycles. The van der Waals surface area contributed by atoms with E-state index in [0.717, 1.165) is 16.3 Å². The molecule has 3 aromatic rings. The molecule has 0 aliphatic carbocycles. The number of aromatic nitrogens is 2. The summed E-state index contributed by atoms with van der Waals surface area (Å²) >= 11 is 0. The first-order valence-corrected chi connectivity index (χ1v) is 12.1. The highest BCUT2D eigenvalue weighted by Gasteiger charge is 2.44. The van der Waals surface area contributed by atoms with Crippen LogP contribution in [-0.2, 0) is 19.7 Å². The largest absolute Gasteiger partial charge is 0.454 e. The number of hydrogen-bond donors (Lipinski definition) is 1. The molecule has 0 spiro atoms. The number of benzene rings is 2. The molecule has 1 aliphatic heterocycles. The van der Waals surface area contributed by atoms with Crippen molar-refractivity contribution in [3.05, 3.63) is 77.5 Å². The van der Waals surface area contributed by atoms with Gasteiger partial charge in [-0.3, -0.25) is 19.3 Å². The van der Waals surface area contributed by atoms with Crippen molar-refractivity contribution >= 4 is 29.5 Å². The fraction of sp³-hybridized carbons (Fsp3) is 0.321. The van der Waals surface area contributed by atoms with Crippen LogP contribution < -0.4 is 5.32 Å². The Morgan fingerprint density at radius 2 is 1.51 bits per heavy atom. The molecular formula is C28H30N4O5. The van der Waals surface area contributed by atoms with E-state index >= 15 is 0 Å². The first-order valence-electron chi connectivity index (χ1n) is 12.1. The van der Waals surface area contributed by atoms with E-state index in [0.29, 0.717) is 5.82 Å². The van der Waals surface area contributed by atoms with Crippen LogP contribution in [0.15, 0.2) is 60.7 Å². The van der Waals surface area contributed by atoms with Crippen LogP contribution in [-0.4, -0.2) is 51.0 Å². The molecule has 0 fully saturated rings. The average Bonchev–Trinajstić information content (AvgIpc) is 3.39. The van der Waals surface area contributed by atoms with E-state index in [2.05, 4.69) is 10.4 Å². The summed E-state index contributed by atoms with van der Waals surface area (Å²) in [5.74, 6) is -2.50. The number of nitrogens with zero attached hydrogens (tertiary/aromatic N) is 3. The van der Waals surface area contributed by atoms with Crippen LogP contribution in [0, 0.1) is 5.92 Å². The van der Waals surface area contributed by atoms with Crippen molar-refractivity contribution in [3.63, 3.8) is 0 Å². The van der Waals surface area contributed by atoms with E-state index in [1.54, 1.807) is 48.9 Å². The lowest BCUT2D eigenvalue weighted by Crippen LogP contribution is -2.49. The van der Waals surface area contributed by atoms with Gasteiger partial charge in [-0.1, -0.05) is 65.0 Å². The summed E-state index contributed by atoms with van der Waals surface area (Å²) in [5.41, 5.74) is 1.76. The molecule has 3 amide bonds. The molecule has 2 heterocycles. The van der Waals surface area contributed by atoms with Gasteiger partial charge in [-0.05, 0) is 30.2 Å². The summed E-state index contributed by atoms with van der Waals surface area (Å²) in [6, 6.07) is 16.4. The van der Waals surface area contributed by atoms with Crippen LogP contribution in [0.2, 0.25) is 0 Å². The molecule has 0 saturated heterocycles. The second-order valence-electron chi connectivity index (χ2n) is 10.3. The van der Waals surface area contributed by atoms with Crippen molar-refractivity contribution in [2.45, 2.75) is 46.1 Å². The Balaban J connectivity index is 1.49. The fourth-order valence-electron chi connectivity index (χ4n) is 4.14. The van der Waals surface area contributed by atoms with E-state index in [1.807, 2.05) is 51.1 Å². The van der Waals surface area contributed by atoms with Gasteiger partial charge in [0.1, 0.15) is 11.9 Å². The maximum Gasteiger partial charge on any atom is 0.330 e. The minimum Gasteiger partial charge on any atom is -0.454 e. The number of carbonyl (C=O) groups excluding carboxylic acids is 4. The number of esters is 1. The van der Waals surface area contributed by atoms with Gasteiger partial charge in [0, 0.05) is 11.5 Å². The summed E-state index contributed by atoms with van der Waals surface area (Å²) in [5, 5.41) is 7.42. The van der Waals surface area contributed by atoms with Gasteiger partial charge < -0.3 is 10.1 Å². The lowest BCUT2D eigenvalue weighted by Gasteiger charge is -2.27. The number of anilines is 1. The van der Waals surface area contributed by atoms with Crippen molar-refractivity contribution in [3.8, 4) is 5.69 Å². The van der Waals surface area contributed by atoms with Crippen molar-refractivity contribution < 1.29 is 23.9 Å². The predicted molar refractivity (Wildman–Crippen MR) is 137 cm³/mol. The van der Waals surface area contributed by atoms with Gasteiger partial charge in [0.2, 0.25) is 0 Å². The first-order chi connectivity index (χ1) is 17.5. The maximum atomic E-state index is 13.0. The van der Waals surface area contributed by atoms with Gasteiger partial charge in [0.05, 0.1) is 22.5 Å². The number of nitrogens with one attached hydrogen (secondary N) is 1. The average molecular weight is 503 g/mol. The third kappa shape index (κ3) is 5.16. The molecule has 4 rings (SSSR count). The van der Waals surface area contributed by atoms with Crippen molar-refractivity contribution in [1.82, 2.24) is 14.7 Å². The lowest BCUT2D eigenvalue weighted by molar-refractivity contribution is -0.152. The van der Waals surface area contributed by atoms with Crippen molar-refractivity contribution in [2.75, 3.05) is 11.9 Å².